The topological polar surface area (TPSA) is 67.2 Å². The number of aromatic amines is 1. The Bertz CT molecular complexity index is 1250. The van der Waals surface area contributed by atoms with Crippen molar-refractivity contribution in [3.05, 3.63) is 91.4 Å². The van der Waals surface area contributed by atoms with Crippen molar-refractivity contribution in [2.45, 2.75) is 13.8 Å². The van der Waals surface area contributed by atoms with Crippen molar-refractivity contribution in [1.29, 1.82) is 0 Å². The molecule has 1 aromatic heterocycles. The van der Waals surface area contributed by atoms with E-state index in [2.05, 4.69) is 16.7 Å². The first-order chi connectivity index (χ1) is 13.4. The van der Waals surface area contributed by atoms with Gasteiger partial charge in [-0.15, -0.1) is 0 Å². The van der Waals surface area contributed by atoms with Crippen LogP contribution < -0.4 is 11.2 Å². The SMILES string of the molecule is C=N/C(=C(\C(C)=C/C)n1c(=O)[nH]c(=O)c2cc(F)c(Cl)cc21)c1ccccc1. The van der Waals surface area contributed by atoms with Crippen molar-refractivity contribution in [2.75, 3.05) is 0 Å². The second-order valence-corrected chi connectivity index (χ2v) is 6.48. The van der Waals surface area contributed by atoms with Crippen molar-refractivity contribution < 1.29 is 4.39 Å². The predicted octanol–water partition coefficient (Wildman–Crippen LogP) is 4.47. The van der Waals surface area contributed by atoms with Gasteiger partial charge in [-0.25, -0.2) is 9.18 Å². The molecule has 3 rings (SSSR count). The van der Waals surface area contributed by atoms with Crippen molar-refractivity contribution in [3.8, 4) is 0 Å². The van der Waals surface area contributed by atoms with Crippen LogP contribution >= 0.6 is 11.6 Å². The number of nitrogens with one attached hydrogen (secondary N) is 1. The first kappa shape index (κ1) is 19.5. The van der Waals surface area contributed by atoms with Crippen LogP contribution in [-0.4, -0.2) is 16.3 Å². The Morgan fingerprint density at radius 2 is 1.93 bits per heavy atom. The molecule has 0 aliphatic rings. The van der Waals surface area contributed by atoms with Crippen molar-refractivity contribution in [3.63, 3.8) is 0 Å². The maximum absolute atomic E-state index is 14.0. The van der Waals surface area contributed by atoms with Crippen LogP contribution in [0.2, 0.25) is 5.02 Å². The second-order valence-electron chi connectivity index (χ2n) is 6.07. The fourth-order valence-electron chi connectivity index (χ4n) is 2.96. The van der Waals surface area contributed by atoms with Gasteiger partial charge in [-0.1, -0.05) is 48.0 Å². The number of nitrogens with zero attached hydrogens (tertiary/aromatic N) is 2. The van der Waals surface area contributed by atoms with E-state index in [1.807, 2.05) is 37.3 Å². The number of aliphatic imine (C=N–C) groups is 1. The minimum atomic E-state index is -0.747. The molecule has 0 saturated carbocycles. The normalized spacial score (nSPS) is 12.8. The average molecular weight is 398 g/mol. The summed E-state index contributed by atoms with van der Waals surface area (Å²) in [5.74, 6) is -0.747. The average Bonchev–Trinajstić information content (AvgIpc) is 2.69. The highest BCUT2D eigenvalue weighted by Gasteiger charge is 2.19. The predicted molar refractivity (Wildman–Crippen MR) is 112 cm³/mol. The molecule has 0 unspecified atom stereocenters. The van der Waals surface area contributed by atoms with Gasteiger partial charge in [0.2, 0.25) is 0 Å². The van der Waals surface area contributed by atoms with Gasteiger partial charge in [0.1, 0.15) is 5.82 Å². The standard InChI is InChI=1S/C21H17ClFN3O2/c1-4-12(2)19(18(24-3)13-8-6-5-7-9-13)26-17-11-15(22)16(23)10-14(17)20(27)25-21(26)28/h4-11H,3H2,1-2H3,(H,25,27,28)/b12-4-,19-18+. The molecular formula is C21H17ClFN3O2. The summed E-state index contributed by atoms with van der Waals surface area (Å²) in [5.41, 5.74) is 1.08. The number of hydrogen-bond donors (Lipinski definition) is 1. The Labute approximate surface area is 165 Å². The van der Waals surface area contributed by atoms with Crippen LogP contribution in [0.5, 0.6) is 0 Å². The zero-order chi connectivity index (χ0) is 20.4. The highest BCUT2D eigenvalue weighted by Crippen LogP contribution is 2.30. The van der Waals surface area contributed by atoms with Crippen LogP contribution in [0.25, 0.3) is 22.3 Å². The van der Waals surface area contributed by atoms with Gasteiger partial charge in [-0.2, -0.15) is 0 Å². The number of benzene rings is 2. The number of H-pyrrole nitrogens is 1. The van der Waals surface area contributed by atoms with E-state index in [1.54, 1.807) is 13.0 Å². The largest absolute Gasteiger partial charge is 0.333 e. The van der Waals surface area contributed by atoms with E-state index in [0.717, 1.165) is 11.6 Å². The van der Waals surface area contributed by atoms with Crippen LogP contribution in [0.15, 0.2) is 68.7 Å². The zero-order valence-corrected chi connectivity index (χ0v) is 16.0. The summed E-state index contributed by atoms with van der Waals surface area (Å²) >= 11 is 5.94. The molecule has 7 heteroatoms. The maximum atomic E-state index is 14.0. The van der Waals surface area contributed by atoms with Gasteiger partial charge in [0.15, 0.2) is 0 Å². The van der Waals surface area contributed by atoms with E-state index in [1.165, 1.54) is 10.6 Å². The number of halogens is 2. The zero-order valence-electron chi connectivity index (χ0n) is 15.3. The molecule has 0 amide bonds. The smallest absolute Gasteiger partial charge is 0.273 e. The molecule has 3 aromatic rings. The van der Waals surface area contributed by atoms with E-state index in [0.29, 0.717) is 17.0 Å². The molecule has 0 aliphatic heterocycles. The van der Waals surface area contributed by atoms with E-state index in [9.17, 15) is 14.0 Å². The molecule has 0 spiro atoms. The number of hydrogen-bond acceptors (Lipinski definition) is 3. The molecule has 0 saturated heterocycles. The van der Waals surface area contributed by atoms with E-state index in [4.69, 9.17) is 11.6 Å². The summed E-state index contributed by atoms with van der Waals surface area (Å²) in [5, 5.41) is -0.198. The Hall–Kier alpha value is -3.25. The number of rotatable bonds is 4. The lowest BCUT2D eigenvalue weighted by atomic mass is 10.1. The molecule has 28 heavy (non-hydrogen) atoms. The summed E-state index contributed by atoms with van der Waals surface area (Å²) in [7, 11) is 0. The van der Waals surface area contributed by atoms with Gasteiger partial charge in [0.05, 0.1) is 27.3 Å². The number of fused-ring (bicyclic) bond motifs is 1. The van der Waals surface area contributed by atoms with Gasteiger partial charge >= 0.3 is 5.69 Å². The van der Waals surface area contributed by atoms with Crippen LogP contribution in [0.3, 0.4) is 0 Å². The van der Waals surface area contributed by atoms with Gasteiger partial charge in [-0.05, 0) is 38.3 Å². The minimum absolute atomic E-state index is 0.000577. The molecular weight excluding hydrogens is 381 g/mol. The van der Waals surface area contributed by atoms with Crippen LogP contribution in [0, 0.1) is 5.82 Å². The third-order valence-electron chi connectivity index (χ3n) is 4.41. The molecule has 5 nitrogen and oxygen atoms in total. The molecule has 0 aliphatic carbocycles. The fourth-order valence-corrected chi connectivity index (χ4v) is 3.12. The Balaban J connectivity index is 2.57. The monoisotopic (exact) mass is 397 g/mol. The summed E-state index contributed by atoms with van der Waals surface area (Å²) in [6, 6.07) is 11.5. The van der Waals surface area contributed by atoms with E-state index in [-0.39, 0.29) is 15.9 Å². The third-order valence-corrected chi connectivity index (χ3v) is 4.70. The summed E-state index contributed by atoms with van der Waals surface area (Å²) in [6.45, 7) is 7.27. The Morgan fingerprint density at radius 3 is 2.54 bits per heavy atom. The van der Waals surface area contributed by atoms with E-state index < -0.39 is 17.1 Å². The summed E-state index contributed by atoms with van der Waals surface area (Å²) < 4.78 is 15.2. The molecule has 0 atom stereocenters. The Morgan fingerprint density at radius 1 is 1.25 bits per heavy atom. The van der Waals surface area contributed by atoms with Gasteiger partial charge in [0.25, 0.3) is 5.56 Å². The lowest BCUT2D eigenvalue weighted by Gasteiger charge is -2.18. The first-order valence-electron chi connectivity index (χ1n) is 8.43. The molecule has 0 bridgehead atoms. The molecule has 1 N–H and O–H groups in total. The highest BCUT2D eigenvalue weighted by molar-refractivity contribution is 6.31. The Kier molecular flexibility index (Phi) is 5.42. The summed E-state index contributed by atoms with van der Waals surface area (Å²) in [4.78, 5) is 31.4. The molecule has 0 fully saturated rings. The fraction of sp³-hybridized carbons (Fsp3) is 0.0952. The van der Waals surface area contributed by atoms with Gasteiger partial charge in [-0.3, -0.25) is 19.3 Å². The van der Waals surface area contributed by atoms with Crippen molar-refractivity contribution in [1.82, 2.24) is 9.55 Å². The molecule has 142 valence electrons. The molecule has 1 heterocycles. The second kappa shape index (κ2) is 7.78. The lowest BCUT2D eigenvalue weighted by molar-refractivity contribution is 0.629. The number of allylic oxidation sites excluding steroid dienone is 3. The first-order valence-corrected chi connectivity index (χ1v) is 8.81. The van der Waals surface area contributed by atoms with Crippen LogP contribution in [0.4, 0.5) is 4.39 Å². The quantitative estimate of drug-likeness (QED) is 0.521. The van der Waals surface area contributed by atoms with Gasteiger partial charge in [0, 0.05) is 5.56 Å². The molecule has 2 aromatic carbocycles. The van der Waals surface area contributed by atoms with Crippen molar-refractivity contribution >= 4 is 40.6 Å². The van der Waals surface area contributed by atoms with E-state index >= 15 is 0 Å². The lowest BCUT2D eigenvalue weighted by Crippen LogP contribution is -2.30. The van der Waals surface area contributed by atoms with Gasteiger partial charge < -0.3 is 0 Å². The van der Waals surface area contributed by atoms with Crippen molar-refractivity contribution in [2.24, 2.45) is 4.99 Å². The van der Waals surface area contributed by atoms with Crippen LogP contribution in [-0.2, 0) is 0 Å². The number of aromatic nitrogens is 2. The maximum Gasteiger partial charge on any atom is 0.333 e. The highest BCUT2D eigenvalue weighted by atomic mass is 35.5. The molecule has 0 radical (unpaired) electrons. The minimum Gasteiger partial charge on any atom is -0.273 e. The summed E-state index contributed by atoms with van der Waals surface area (Å²) in [6.07, 6.45) is 1.80. The third kappa shape index (κ3) is 3.34. The van der Waals surface area contributed by atoms with Crippen LogP contribution in [0.1, 0.15) is 19.4 Å².